The first-order valence-electron chi connectivity index (χ1n) is 8.24. The second-order valence-corrected chi connectivity index (χ2v) is 8.21. The summed E-state index contributed by atoms with van der Waals surface area (Å²) in [6.45, 7) is 17.7. The minimum atomic E-state index is 0.318. The molecule has 0 fully saturated rings. The van der Waals surface area contributed by atoms with Gasteiger partial charge in [-0.3, -0.25) is 0 Å². The zero-order valence-corrected chi connectivity index (χ0v) is 14.9. The second kappa shape index (κ2) is 6.96. The van der Waals surface area contributed by atoms with Crippen molar-refractivity contribution in [2.24, 2.45) is 16.7 Å². The maximum Gasteiger partial charge on any atom is 0.0496 e. The molecule has 0 aliphatic heterocycles. The summed E-state index contributed by atoms with van der Waals surface area (Å²) in [4.78, 5) is 0. The van der Waals surface area contributed by atoms with Gasteiger partial charge in [0, 0.05) is 12.5 Å². The Morgan fingerprint density at radius 2 is 1.67 bits per heavy atom. The summed E-state index contributed by atoms with van der Waals surface area (Å²) >= 11 is 0. The lowest BCUT2D eigenvalue weighted by molar-refractivity contribution is 0.214. The fourth-order valence-electron chi connectivity index (χ4n) is 3.25. The molecule has 0 saturated carbocycles. The molecule has 21 heavy (non-hydrogen) atoms. The lowest BCUT2D eigenvalue weighted by atomic mass is 9.75. The van der Waals surface area contributed by atoms with Crippen molar-refractivity contribution in [3.63, 3.8) is 0 Å². The van der Waals surface area contributed by atoms with Gasteiger partial charge in [0.2, 0.25) is 0 Å². The number of hydrogen-bond acceptors (Lipinski definition) is 1. The van der Waals surface area contributed by atoms with Crippen LogP contribution >= 0.6 is 0 Å². The molecule has 1 nitrogen and oxygen atoms in total. The van der Waals surface area contributed by atoms with Gasteiger partial charge in [-0.05, 0) is 50.4 Å². The Labute approximate surface area is 131 Å². The van der Waals surface area contributed by atoms with Crippen molar-refractivity contribution < 1.29 is 5.11 Å². The average Bonchev–Trinajstić information content (AvgIpc) is 2.34. The molecule has 2 aliphatic rings. The van der Waals surface area contributed by atoms with E-state index in [9.17, 15) is 0 Å². The van der Waals surface area contributed by atoms with Crippen molar-refractivity contribution in [3.8, 4) is 0 Å². The van der Waals surface area contributed by atoms with Crippen LogP contribution in [0.1, 0.15) is 67.2 Å². The van der Waals surface area contributed by atoms with Crippen LogP contribution in [0.15, 0.2) is 35.5 Å². The lowest BCUT2D eigenvalue weighted by Gasteiger charge is -2.31. The predicted molar refractivity (Wildman–Crippen MR) is 93.3 cm³/mol. The summed E-state index contributed by atoms with van der Waals surface area (Å²) in [5, 5.41) is 8.99. The van der Waals surface area contributed by atoms with Crippen LogP contribution in [0, 0.1) is 16.7 Å². The number of aliphatic hydroxyl groups is 1. The van der Waals surface area contributed by atoms with Crippen LogP contribution in [0.4, 0.5) is 0 Å². The monoisotopic (exact) mass is 290 g/mol. The molecule has 1 unspecified atom stereocenters. The van der Waals surface area contributed by atoms with E-state index in [0.717, 1.165) is 6.42 Å². The molecule has 0 spiro atoms. The van der Waals surface area contributed by atoms with Crippen LogP contribution in [0.3, 0.4) is 0 Å². The molecule has 0 heterocycles. The Hall–Kier alpha value is -0.820. The molecule has 0 aromatic rings. The van der Waals surface area contributed by atoms with Gasteiger partial charge in [-0.25, -0.2) is 0 Å². The predicted octanol–water partition coefficient (Wildman–Crippen LogP) is 5.67. The van der Waals surface area contributed by atoms with Gasteiger partial charge in [0.05, 0.1) is 0 Å². The van der Waals surface area contributed by atoms with E-state index in [2.05, 4.69) is 60.3 Å². The summed E-state index contributed by atoms with van der Waals surface area (Å²) in [5.41, 5.74) is 4.83. The van der Waals surface area contributed by atoms with Gasteiger partial charge in [-0.2, -0.15) is 0 Å². The molecule has 0 bridgehead atoms. The molecular weight excluding hydrogens is 256 g/mol. The van der Waals surface area contributed by atoms with E-state index in [1.807, 2.05) is 0 Å². The fraction of sp³-hybridized carbons (Fsp3) is 0.700. The molecule has 0 aromatic carbocycles. The van der Waals surface area contributed by atoms with Crippen LogP contribution in [-0.4, -0.2) is 11.7 Å². The van der Waals surface area contributed by atoms with Gasteiger partial charge in [-0.15, -0.1) is 0 Å². The van der Waals surface area contributed by atoms with Crippen LogP contribution in [0.25, 0.3) is 0 Å². The van der Waals surface area contributed by atoms with Crippen LogP contribution in [0.2, 0.25) is 0 Å². The third kappa shape index (κ3) is 5.82. The van der Waals surface area contributed by atoms with Crippen molar-refractivity contribution in [2.75, 3.05) is 6.61 Å². The third-order valence-corrected chi connectivity index (χ3v) is 4.86. The molecule has 0 saturated heterocycles. The molecule has 0 radical (unpaired) electrons. The molecule has 1 heteroatoms. The molecule has 1 atom stereocenters. The highest BCUT2D eigenvalue weighted by atomic mass is 16.3. The van der Waals surface area contributed by atoms with Crippen LogP contribution < -0.4 is 0 Å². The minimum Gasteiger partial charge on any atom is -0.396 e. The molecule has 1 N–H and O–H groups in total. The summed E-state index contributed by atoms with van der Waals surface area (Å²) in [7, 11) is 0. The molecular formula is C20H34O. The summed E-state index contributed by atoms with van der Waals surface area (Å²) in [6.07, 6.45) is 9.41. The fourth-order valence-corrected chi connectivity index (χ4v) is 3.25. The standard InChI is InChI=1S/C10H18O.C10H16/c1-8-6-10(2,3)5-4-9(8)7-11;1-8-5-6-10(3,4)7-9(8)2/h6,9,11H,4-5,7H2,1-3H3;7H,1,5-6H2,2-4H3. The molecule has 2 aliphatic carbocycles. The molecule has 120 valence electrons. The van der Waals surface area contributed by atoms with Crippen LogP contribution in [-0.2, 0) is 0 Å². The highest BCUT2D eigenvalue weighted by Crippen LogP contribution is 2.36. The van der Waals surface area contributed by atoms with Gasteiger partial charge >= 0.3 is 0 Å². The van der Waals surface area contributed by atoms with Crippen molar-refractivity contribution in [2.45, 2.75) is 67.2 Å². The van der Waals surface area contributed by atoms with Crippen molar-refractivity contribution in [3.05, 3.63) is 35.5 Å². The van der Waals surface area contributed by atoms with Gasteiger partial charge < -0.3 is 5.11 Å². The normalized spacial score (nSPS) is 27.2. The quantitative estimate of drug-likeness (QED) is 0.617. The van der Waals surface area contributed by atoms with E-state index < -0.39 is 0 Å². The number of hydrogen-bond donors (Lipinski definition) is 1. The minimum absolute atomic E-state index is 0.318. The summed E-state index contributed by atoms with van der Waals surface area (Å²) in [5.74, 6) is 0.433. The third-order valence-electron chi connectivity index (χ3n) is 4.86. The Morgan fingerprint density at radius 1 is 1.10 bits per heavy atom. The first-order chi connectivity index (χ1) is 9.56. The maximum atomic E-state index is 8.99. The molecule has 2 rings (SSSR count). The Morgan fingerprint density at radius 3 is 2.10 bits per heavy atom. The van der Waals surface area contributed by atoms with E-state index in [4.69, 9.17) is 5.11 Å². The van der Waals surface area contributed by atoms with Crippen molar-refractivity contribution in [1.29, 1.82) is 0 Å². The van der Waals surface area contributed by atoms with Gasteiger partial charge in [0.25, 0.3) is 0 Å². The smallest absolute Gasteiger partial charge is 0.0496 e. The first-order valence-corrected chi connectivity index (χ1v) is 8.24. The van der Waals surface area contributed by atoms with E-state index in [1.165, 1.54) is 36.0 Å². The summed E-state index contributed by atoms with van der Waals surface area (Å²) < 4.78 is 0. The zero-order chi connectivity index (χ0) is 16.3. The second-order valence-electron chi connectivity index (χ2n) is 8.21. The summed E-state index contributed by atoms with van der Waals surface area (Å²) in [6, 6.07) is 0. The SMILES string of the molecule is C=C1CCC(C)(C)C=C1C.CC1=CC(C)(C)CCC1CO. The number of aliphatic hydroxyl groups excluding tert-OH is 1. The Kier molecular flexibility index (Phi) is 6.04. The van der Waals surface area contributed by atoms with Gasteiger partial charge in [0.1, 0.15) is 0 Å². The number of allylic oxidation sites excluding steroid dienone is 4. The van der Waals surface area contributed by atoms with E-state index >= 15 is 0 Å². The van der Waals surface area contributed by atoms with Crippen molar-refractivity contribution >= 4 is 0 Å². The van der Waals surface area contributed by atoms with Crippen molar-refractivity contribution in [1.82, 2.24) is 0 Å². The maximum absolute atomic E-state index is 8.99. The Bertz CT molecular complexity index is 435. The number of rotatable bonds is 1. The first kappa shape index (κ1) is 18.2. The largest absolute Gasteiger partial charge is 0.396 e. The Balaban J connectivity index is 0.000000211. The lowest BCUT2D eigenvalue weighted by Crippen LogP contribution is -2.20. The van der Waals surface area contributed by atoms with E-state index in [1.54, 1.807) is 0 Å². The highest BCUT2D eigenvalue weighted by Gasteiger charge is 2.24. The zero-order valence-electron chi connectivity index (χ0n) is 14.9. The van der Waals surface area contributed by atoms with E-state index in [-0.39, 0.29) is 0 Å². The van der Waals surface area contributed by atoms with Gasteiger partial charge in [0.15, 0.2) is 0 Å². The van der Waals surface area contributed by atoms with Gasteiger partial charge in [-0.1, -0.05) is 63.1 Å². The topological polar surface area (TPSA) is 20.2 Å². The molecule has 0 amide bonds. The van der Waals surface area contributed by atoms with Crippen LogP contribution in [0.5, 0.6) is 0 Å². The molecule has 0 aromatic heterocycles. The highest BCUT2D eigenvalue weighted by molar-refractivity contribution is 5.31. The van der Waals surface area contributed by atoms with E-state index in [0.29, 0.717) is 23.4 Å². The average molecular weight is 290 g/mol.